The fourth-order valence-corrected chi connectivity index (χ4v) is 3.03. The van der Waals surface area contributed by atoms with Gasteiger partial charge in [-0.2, -0.15) is 0 Å². The van der Waals surface area contributed by atoms with Crippen LogP contribution >= 0.6 is 0 Å². The van der Waals surface area contributed by atoms with Crippen LogP contribution in [-0.4, -0.2) is 48.2 Å². The van der Waals surface area contributed by atoms with Crippen molar-refractivity contribution in [3.05, 3.63) is 48.3 Å². The Balaban J connectivity index is 1.70. The summed E-state index contributed by atoms with van der Waals surface area (Å²) in [5, 5.41) is 0. The average molecular weight is 370 g/mol. The minimum Gasteiger partial charge on any atom is -0.339 e. The van der Waals surface area contributed by atoms with E-state index in [1.54, 1.807) is 24.1 Å². The summed E-state index contributed by atoms with van der Waals surface area (Å²) >= 11 is 0. The minimum atomic E-state index is -2.67. The van der Waals surface area contributed by atoms with Crippen molar-refractivity contribution >= 4 is 17.1 Å². The molecule has 1 aliphatic rings. The number of hydrogen-bond acceptors (Lipinski definition) is 5. The van der Waals surface area contributed by atoms with Crippen molar-refractivity contribution in [2.24, 2.45) is 0 Å². The number of imidazole rings is 1. The largest absolute Gasteiger partial charge is 0.339 e. The van der Waals surface area contributed by atoms with E-state index in [0.29, 0.717) is 36.7 Å². The zero-order chi connectivity index (χ0) is 19.0. The van der Waals surface area contributed by atoms with Gasteiger partial charge in [-0.3, -0.25) is 9.20 Å². The summed E-state index contributed by atoms with van der Waals surface area (Å²) in [7, 11) is 0. The number of hydrogen-bond donors (Lipinski definition) is 0. The van der Waals surface area contributed by atoms with Crippen LogP contribution in [0.5, 0.6) is 0 Å². The second-order valence-corrected chi connectivity index (χ2v) is 6.19. The van der Waals surface area contributed by atoms with Gasteiger partial charge >= 0.3 is 0 Å². The molecule has 1 aliphatic heterocycles. The van der Waals surface area contributed by atoms with E-state index in [1.165, 1.54) is 23.0 Å². The van der Waals surface area contributed by atoms with Crippen molar-refractivity contribution in [1.82, 2.24) is 29.2 Å². The van der Waals surface area contributed by atoms with E-state index in [-0.39, 0.29) is 11.6 Å². The summed E-state index contributed by atoms with van der Waals surface area (Å²) in [4.78, 5) is 30.0. The quantitative estimate of drug-likeness (QED) is 0.709. The number of carbonyl (C=O) groups excluding carboxylic acids is 1. The standard InChI is InChI=1S/C18H16F2N6O/c1-11(27)25-6-3-12(4-7-25)13-2-5-21-18(24-13)15-8-23-16-9-22-14(17(19)20)10-26(15)16/h2-3,5,8-10,17H,4,6-7H2,1H3. The van der Waals surface area contributed by atoms with Crippen LogP contribution < -0.4 is 0 Å². The van der Waals surface area contributed by atoms with Gasteiger partial charge < -0.3 is 4.90 Å². The van der Waals surface area contributed by atoms with Crippen LogP contribution in [0.1, 0.15) is 31.2 Å². The molecule has 1 amide bonds. The van der Waals surface area contributed by atoms with Gasteiger partial charge in [0, 0.05) is 32.4 Å². The first-order chi connectivity index (χ1) is 13.0. The zero-order valence-corrected chi connectivity index (χ0v) is 14.5. The first kappa shape index (κ1) is 17.2. The van der Waals surface area contributed by atoms with Crippen LogP contribution in [0.2, 0.25) is 0 Å². The number of amides is 1. The number of carbonyl (C=O) groups is 1. The number of halogens is 2. The van der Waals surface area contributed by atoms with E-state index in [4.69, 9.17) is 0 Å². The fraction of sp³-hybridized carbons (Fsp3) is 0.278. The monoisotopic (exact) mass is 370 g/mol. The molecule has 4 rings (SSSR count). The molecule has 0 aromatic carbocycles. The molecule has 0 saturated carbocycles. The second-order valence-electron chi connectivity index (χ2n) is 6.19. The van der Waals surface area contributed by atoms with E-state index < -0.39 is 6.43 Å². The molecule has 4 heterocycles. The summed E-state index contributed by atoms with van der Waals surface area (Å²) in [6.45, 7) is 2.73. The summed E-state index contributed by atoms with van der Waals surface area (Å²) in [5.74, 6) is 0.434. The van der Waals surface area contributed by atoms with E-state index in [1.807, 2.05) is 6.08 Å². The lowest BCUT2D eigenvalue weighted by Crippen LogP contribution is -2.32. The number of aromatic nitrogens is 5. The highest BCUT2D eigenvalue weighted by atomic mass is 19.3. The molecule has 0 N–H and O–H groups in total. The maximum absolute atomic E-state index is 13.0. The normalized spacial score (nSPS) is 14.7. The van der Waals surface area contributed by atoms with E-state index >= 15 is 0 Å². The van der Waals surface area contributed by atoms with Crippen molar-refractivity contribution in [3.63, 3.8) is 0 Å². The Morgan fingerprint density at radius 2 is 2.07 bits per heavy atom. The van der Waals surface area contributed by atoms with E-state index in [2.05, 4.69) is 19.9 Å². The molecule has 9 heteroatoms. The SMILES string of the molecule is CC(=O)N1CC=C(c2ccnc(-c3cnc4cnc(C(F)F)cn34)n2)CC1. The molecule has 0 saturated heterocycles. The maximum atomic E-state index is 13.0. The smallest absolute Gasteiger partial charge is 0.281 e. The Bertz CT molecular complexity index is 1050. The number of fused-ring (bicyclic) bond motifs is 1. The first-order valence-corrected chi connectivity index (χ1v) is 8.42. The highest BCUT2D eigenvalue weighted by Crippen LogP contribution is 2.24. The molecule has 0 radical (unpaired) electrons. The lowest BCUT2D eigenvalue weighted by molar-refractivity contribution is -0.128. The van der Waals surface area contributed by atoms with E-state index in [9.17, 15) is 13.6 Å². The first-order valence-electron chi connectivity index (χ1n) is 8.42. The molecular weight excluding hydrogens is 354 g/mol. The Kier molecular flexibility index (Phi) is 4.35. The Labute approximate surface area is 153 Å². The van der Waals surface area contributed by atoms with Crippen LogP contribution in [0.15, 0.2) is 36.9 Å². The summed E-state index contributed by atoms with van der Waals surface area (Å²) in [6, 6.07) is 1.80. The van der Waals surface area contributed by atoms with Crippen molar-refractivity contribution < 1.29 is 13.6 Å². The third kappa shape index (κ3) is 3.27. The molecule has 3 aromatic rings. The maximum Gasteiger partial charge on any atom is 0.281 e. The van der Waals surface area contributed by atoms with Crippen LogP contribution in [-0.2, 0) is 4.79 Å². The Morgan fingerprint density at radius 1 is 1.22 bits per heavy atom. The Hall–Kier alpha value is -3.23. The molecule has 0 aliphatic carbocycles. The van der Waals surface area contributed by atoms with E-state index in [0.717, 1.165) is 11.3 Å². The van der Waals surface area contributed by atoms with Crippen LogP contribution in [0.25, 0.3) is 22.7 Å². The van der Waals surface area contributed by atoms with Crippen molar-refractivity contribution in [1.29, 1.82) is 0 Å². The summed E-state index contributed by atoms with van der Waals surface area (Å²) in [6.07, 6.45) is 5.72. The second kappa shape index (κ2) is 6.82. The number of alkyl halides is 2. The molecule has 3 aromatic heterocycles. The minimum absolute atomic E-state index is 0.0443. The van der Waals surface area contributed by atoms with Crippen molar-refractivity contribution in [2.45, 2.75) is 19.8 Å². The molecule has 0 spiro atoms. The van der Waals surface area contributed by atoms with Gasteiger partial charge in [-0.25, -0.2) is 28.7 Å². The molecule has 7 nitrogen and oxygen atoms in total. The highest BCUT2D eigenvalue weighted by molar-refractivity contribution is 5.75. The predicted octanol–water partition coefficient (Wildman–Crippen LogP) is 2.76. The van der Waals surface area contributed by atoms with Crippen molar-refractivity contribution in [2.75, 3.05) is 13.1 Å². The predicted molar refractivity (Wildman–Crippen MR) is 93.8 cm³/mol. The topological polar surface area (TPSA) is 76.3 Å². The molecule has 0 fully saturated rings. The number of nitrogens with zero attached hydrogens (tertiary/aromatic N) is 6. The van der Waals surface area contributed by atoms with Gasteiger partial charge in [0.1, 0.15) is 11.4 Å². The van der Waals surface area contributed by atoms with Crippen LogP contribution in [0, 0.1) is 0 Å². The zero-order valence-electron chi connectivity index (χ0n) is 14.5. The summed E-state index contributed by atoms with van der Waals surface area (Å²) < 4.78 is 27.4. The molecular formula is C18H16F2N6O. The van der Waals surface area contributed by atoms with Gasteiger partial charge in [0.15, 0.2) is 11.5 Å². The lowest BCUT2D eigenvalue weighted by atomic mass is 10.0. The van der Waals surface area contributed by atoms with Crippen molar-refractivity contribution in [3.8, 4) is 11.5 Å². The highest BCUT2D eigenvalue weighted by Gasteiger charge is 2.18. The molecule has 0 bridgehead atoms. The van der Waals surface area contributed by atoms with Gasteiger partial charge in [-0.1, -0.05) is 6.08 Å². The van der Waals surface area contributed by atoms with Gasteiger partial charge in [0.05, 0.1) is 18.1 Å². The lowest BCUT2D eigenvalue weighted by Gasteiger charge is -2.25. The third-order valence-electron chi connectivity index (χ3n) is 4.51. The number of rotatable bonds is 3. The molecule has 27 heavy (non-hydrogen) atoms. The average Bonchev–Trinajstić information content (AvgIpc) is 3.11. The molecule has 138 valence electrons. The third-order valence-corrected chi connectivity index (χ3v) is 4.51. The van der Waals surface area contributed by atoms with Crippen LogP contribution in [0.4, 0.5) is 8.78 Å². The van der Waals surface area contributed by atoms with Gasteiger partial charge in [-0.05, 0) is 18.1 Å². The van der Waals surface area contributed by atoms with Gasteiger partial charge in [-0.15, -0.1) is 0 Å². The Morgan fingerprint density at radius 3 is 2.78 bits per heavy atom. The van der Waals surface area contributed by atoms with Gasteiger partial charge in [0.2, 0.25) is 5.91 Å². The fourth-order valence-electron chi connectivity index (χ4n) is 3.03. The molecule has 0 atom stereocenters. The molecule has 0 unspecified atom stereocenters. The summed E-state index contributed by atoms with van der Waals surface area (Å²) in [5.41, 5.74) is 2.40. The van der Waals surface area contributed by atoms with Crippen LogP contribution in [0.3, 0.4) is 0 Å². The van der Waals surface area contributed by atoms with Gasteiger partial charge in [0.25, 0.3) is 6.43 Å².